The molecular formula is C12H27N3O. The number of carbonyl (C=O) groups excluding carboxylic acids is 1. The van der Waals surface area contributed by atoms with Crippen LogP contribution in [0.15, 0.2) is 0 Å². The highest BCUT2D eigenvalue weighted by molar-refractivity contribution is 5.73. The second-order valence-electron chi connectivity index (χ2n) is 4.53. The molecule has 0 atom stereocenters. The van der Waals surface area contributed by atoms with Crippen molar-refractivity contribution in [2.75, 3.05) is 33.7 Å². The molecule has 0 spiro atoms. The highest BCUT2D eigenvalue weighted by atomic mass is 16.2. The molecule has 4 nitrogen and oxygen atoms in total. The Labute approximate surface area is 100.0 Å². The van der Waals surface area contributed by atoms with Crippen molar-refractivity contribution in [3.05, 3.63) is 0 Å². The van der Waals surface area contributed by atoms with E-state index in [2.05, 4.69) is 31.1 Å². The van der Waals surface area contributed by atoms with Gasteiger partial charge in [0, 0.05) is 26.2 Å². The molecule has 0 aromatic carbocycles. The minimum absolute atomic E-state index is 0.0275. The van der Waals surface area contributed by atoms with Crippen LogP contribution in [-0.2, 0) is 0 Å². The van der Waals surface area contributed by atoms with Gasteiger partial charge in [-0.2, -0.15) is 0 Å². The van der Waals surface area contributed by atoms with Crippen LogP contribution in [0.2, 0.25) is 0 Å². The Morgan fingerprint density at radius 1 is 1.25 bits per heavy atom. The van der Waals surface area contributed by atoms with E-state index in [1.165, 1.54) is 0 Å². The molecule has 0 radical (unpaired) electrons. The number of nitrogens with zero attached hydrogens (tertiary/aromatic N) is 2. The Balaban J connectivity index is 3.44. The molecular weight excluding hydrogens is 202 g/mol. The van der Waals surface area contributed by atoms with Gasteiger partial charge in [-0.15, -0.1) is 0 Å². The second kappa shape index (κ2) is 8.39. The Morgan fingerprint density at radius 2 is 1.88 bits per heavy atom. The number of amides is 2. The maximum Gasteiger partial charge on any atom is 0.317 e. The molecule has 0 fully saturated rings. The van der Waals surface area contributed by atoms with Crippen molar-refractivity contribution in [2.45, 2.75) is 39.7 Å². The highest BCUT2D eigenvalue weighted by Gasteiger charge is 2.05. The van der Waals surface area contributed by atoms with Crippen molar-refractivity contribution in [1.29, 1.82) is 0 Å². The molecule has 0 rings (SSSR count). The van der Waals surface area contributed by atoms with Crippen molar-refractivity contribution in [3.63, 3.8) is 0 Å². The lowest BCUT2D eigenvalue weighted by Gasteiger charge is -2.21. The topological polar surface area (TPSA) is 35.6 Å². The number of nitrogens with one attached hydrogen (secondary N) is 1. The van der Waals surface area contributed by atoms with E-state index in [0.717, 1.165) is 32.5 Å². The van der Waals surface area contributed by atoms with Gasteiger partial charge in [-0.05, 0) is 47.2 Å². The Hall–Kier alpha value is -0.770. The maximum atomic E-state index is 11.4. The molecule has 2 amide bonds. The van der Waals surface area contributed by atoms with E-state index < -0.39 is 0 Å². The lowest BCUT2D eigenvalue weighted by atomic mass is 10.2. The van der Waals surface area contributed by atoms with Gasteiger partial charge in [0.05, 0.1) is 0 Å². The minimum Gasteiger partial charge on any atom is -0.338 e. The maximum absolute atomic E-state index is 11.4. The Bertz CT molecular complexity index is 195. The third kappa shape index (κ3) is 6.67. The van der Waals surface area contributed by atoms with Crippen LogP contribution in [0.5, 0.6) is 0 Å². The normalized spacial score (nSPS) is 10.9. The standard InChI is InChI=1S/C12H27N3O/c1-6-14(4)12(16)13-9-7-8-10-15(5)11(2)3/h11H,6-10H2,1-5H3,(H,13,16). The summed E-state index contributed by atoms with van der Waals surface area (Å²) in [6.45, 7) is 8.97. The third-order valence-corrected chi connectivity index (χ3v) is 2.92. The molecule has 0 saturated carbocycles. The molecule has 4 heteroatoms. The molecule has 96 valence electrons. The fraction of sp³-hybridized carbons (Fsp3) is 0.917. The lowest BCUT2D eigenvalue weighted by Crippen LogP contribution is -2.37. The fourth-order valence-corrected chi connectivity index (χ4v) is 1.22. The zero-order valence-electron chi connectivity index (χ0n) is 11.4. The molecule has 16 heavy (non-hydrogen) atoms. The van der Waals surface area contributed by atoms with E-state index in [4.69, 9.17) is 0 Å². The summed E-state index contributed by atoms with van der Waals surface area (Å²) in [5.41, 5.74) is 0. The summed E-state index contributed by atoms with van der Waals surface area (Å²) in [7, 11) is 3.94. The van der Waals surface area contributed by atoms with E-state index in [1.807, 2.05) is 14.0 Å². The molecule has 0 aliphatic rings. The number of urea groups is 1. The first kappa shape index (κ1) is 15.2. The Kier molecular flexibility index (Phi) is 7.99. The van der Waals surface area contributed by atoms with Crippen LogP contribution in [0.25, 0.3) is 0 Å². The average molecular weight is 229 g/mol. The number of unbranched alkanes of at least 4 members (excludes halogenated alkanes) is 1. The van der Waals surface area contributed by atoms with E-state index in [0.29, 0.717) is 6.04 Å². The van der Waals surface area contributed by atoms with Crippen molar-refractivity contribution < 1.29 is 4.79 Å². The van der Waals surface area contributed by atoms with Gasteiger partial charge in [0.2, 0.25) is 0 Å². The van der Waals surface area contributed by atoms with Crippen molar-refractivity contribution in [2.24, 2.45) is 0 Å². The van der Waals surface area contributed by atoms with Gasteiger partial charge in [0.1, 0.15) is 0 Å². The predicted molar refractivity (Wildman–Crippen MR) is 68.7 cm³/mol. The van der Waals surface area contributed by atoms with Gasteiger partial charge in [-0.25, -0.2) is 4.79 Å². The van der Waals surface area contributed by atoms with Crippen molar-refractivity contribution >= 4 is 6.03 Å². The molecule has 0 bridgehead atoms. The molecule has 0 aromatic rings. The predicted octanol–water partition coefficient (Wildman–Crippen LogP) is 1.77. The van der Waals surface area contributed by atoms with Crippen molar-refractivity contribution in [3.8, 4) is 0 Å². The zero-order chi connectivity index (χ0) is 12.6. The smallest absolute Gasteiger partial charge is 0.317 e. The fourth-order valence-electron chi connectivity index (χ4n) is 1.22. The van der Waals surface area contributed by atoms with Gasteiger partial charge in [0.25, 0.3) is 0 Å². The quantitative estimate of drug-likeness (QED) is 0.675. The van der Waals surface area contributed by atoms with Gasteiger partial charge in [0.15, 0.2) is 0 Å². The summed E-state index contributed by atoms with van der Waals surface area (Å²) >= 11 is 0. The first-order valence-electron chi connectivity index (χ1n) is 6.18. The van der Waals surface area contributed by atoms with Crippen LogP contribution >= 0.6 is 0 Å². The number of hydrogen-bond acceptors (Lipinski definition) is 2. The van der Waals surface area contributed by atoms with Crippen LogP contribution in [0.4, 0.5) is 4.79 Å². The molecule has 0 saturated heterocycles. The largest absolute Gasteiger partial charge is 0.338 e. The first-order valence-corrected chi connectivity index (χ1v) is 6.18. The molecule has 0 unspecified atom stereocenters. The van der Waals surface area contributed by atoms with Crippen LogP contribution in [-0.4, -0.2) is 55.6 Å². The number of rotatable bonds is 7. The number of hydrogen-bond donors (Lipinski definition) is 1. The first-order chi connectivity index (χ1) is 7.49. The van der Waals surface area contributed by atoms with Crippen molar-refractivity contribution in [1.82, 2.24) is 15.1 Å². The summed E-state index contributed by atoms with van der Waals surface area (Å²) in [5, 5.41) is 2.90. The molecule has 0 aromatic heterocycles. The van der Waals surface area contributed by atoms with Gasteiger partial charge < -0.3 is 15.1 Å². The highest BCUT2D eigenvalue weighted by Crippen LogP contribution is 1.97. The second-order valence-corrected chi connectivity index (χ2v) is 4.53. The van der Waals surface area contributed by atoms with E-state index in [-0.39, 0.29) is 6.03 Å². The zero-order valence-corrected chi connectivity index (χ0v) is 11.4. The lowest BCUT2D eigenvalue weighted by molar-refractivity contribution is 0.210. The molecule has 0 aliphatic heterocycles. The minimum atomic E-state index is 0.0275. The number of carbonyl (C=O) groups is 1. The Morgan fingerprint density at radius 3 is 2.38 bits per heavy atom. The van der Waals surface area contributed by atoms with E-state index in [1.54, 1.807) is 4.90 Å². The van der Waals surface area contributed by atoms with E-state index in [9.17, 15) is 4.79 Å². The van der Waals surface area contributed by atoms with Crippen LogP contribution in [0, 0.1) is 0 Å². The monoisotopic (exact) mass is 229 g/mol. The molecule has 0 heterocycles. The summed E-state index contributed by atoms with van der Waals surface area (Å²) in [6.07, 6.45) is 2.17. The van der Waals surface area contributed by atoms with Gasteiger partial charge in [-0.1, -0.05) is 0 Å². The van der Waals surface area contributed by atoms with Crippen LogP contribution < -0.4 is 5.32 Å². The van der Waals surface area contributed by atoms with Crippen LogP contribution in [0.1, 0.15) is 33.6 Å². The molecule has 1 N–H and O–H groups in total. The molecule has 0 aliphatic carbocycles. The summed E-state index contributed by atoms with van der Waals surface area (Å²) in [4.78, 5) is 15.4. The van der Waals surface area contributed by atoms with Gasteiger partial charge in [-0.3, -0.25) is 0 Å². The average Bonchev–Trinajstić information content (AvgIpc) is 2.26. The summed E-state index contributed by atoms with van der Waals surface area (Å²) in [5.74, 6) is 0. The van der Waals surface area contributed by atoms with Gasteiger partial charge >= 0.3 is 6.03 Å². The van der Waals surface area contributed by atoms with Crippen LogP contribution in [0.3, 0.4) is 0 Å². The SMILES string of the molecule is CCN(C)C(=O)NCCCCN(C)C(C)C. The van der Waals surface area contributed by atoms with E-state index >= 15 is 0 Å². The third-order valence-electron chi connectivity index (χ3n) is 2.92. The summed E-state index contributed by atoms with van der Waals surface area (Å²) < 4.78 is 0. The summed E-state index contributed by atoms with van der Waals surface area (Å²) in [6, 6.07) is 0.625.